The van der Waals surface area contributed by atoms with Crippen molar-refractivity contribution in [1.29, 1.82) is 0 Å². The van der Waals surface area contributed by atoms with E-state index in [9.17, 15) is 0 Å². The summed E-state index contributed by atoms with van der Waals surface area (Å²) in [6.45, 7) is 7.59. The van der Waals surface area contributed by atoms with Crippen molar-refractivity contribution in [2.75, 3.05) is 6.54 Å². The molecule has 0 atom stereocenters. The lowest BCUT2D eigenvalue weighted by Crippen LogP contribution is -2.28. The summed E-state index contributed by atoms with van der Waals surface area (Å²) in [6.07, 6.45) is 8.15. The second kappa shape index (κ2) is 5.67. The van der Waals surface area contributed by atoms with Crippen molar-refractivity contribution in [1.82, 2.24) is 4.90 Å². The Morgan fingerprint density at radius 1 is 1.05 bits per heavy atom. The van der Waals surface area contributed by atoms with Gasteiger partial charge in [-0.25, -0.2) is 0 Å². The van der Waals surface area contributed by atoms with Crippen LogP contribution in [-0.4, -0.2) is 23.3 Å². The molecule has 1 aromatic rings. The Morgan fingerprint density at radius 2 is 1.86 bits per heavy atom. The van der Waals surface area contributed by atoms with Gasteiger partial charge in [-0.1, -0.05) is 24.3 Å². The SMILES string of the molecule is CC(C)(C)N=CN1CCCC2=C1CCCc1ccccc12. The van der Waals surface area contributed by atoms with E-state index in [2.05, 4.69) is 56.3 Å². The van der Waals surface area contributed by atoms with Gasteiger partial charge in [-0.05, 0) is 69.6 Å². The van der Waals surface area contributed by atoms with Gasteiger partial charge >= 0.3 is 0 Å². The molecule has 0 spiro atoms. The van der Waals surface area contributed by atoms with Crippen molar-refractivity contribution in [3.05, 3.63) is 41.1 Å². The standard InChI is InChI=1S/C19H26N2/c1-19(2,3)20-14-21-13-7-11-17-16-10-5-4-8-15(16)9-6-12-18(17)21/h4-5,8,10,14H,6-7,9,11-13H2,1-3H3. The van der Waals surface area contributed by atoms with Crippen LogP contribution < -0.4 is 0 Å². The fourth-order valence-electron chi connectivity index (χ4n) is 3.31. The van der Waals surface area contributed by atoms with E-state index in [1.165, 1.54) is 48.9 Å². The van der Waals surface area contributed by atoms with Crippen molar-refractivity contribution in [3.63, 3.8) is 0 Å². The lowest BCUT2D eigenvalue weighted by molar-refractivity contribution is 0.457. The average Bonchev–Trinajstić information content (AvgIpc) is 2.64. The highest BCUT2D eigenvalue weighted by Crippen LogP contribution is 2.37. The Balaban J connectivity index is 1.99. The Kier molecular flexibility index (Phi) is 3.88. The van der Waals surface area contributed by atoms with Crippen LogP contribution in [0.25, 0.3) is 5.57 Å². The molecule has 0 radical (unpaired) electrons. The van der Waals surface area contributed by atoms with Crippen LogP contribution in [0.5, 0.6) is 0 Å². The van der Waals surface area contributed by atoms with Crippen LogP contribution in [0.15, 0.2) is 35.0 Å². The zero-order valence-corrected chi connectivity index (χ0v) is 13.5. The minimum Gasteiger partial charge on any atom is -0.336 e. The van der Waals surface area contributed by atoms with E-state index >= 15 is 0 Å². The normalized spacial score (nSPS) is 19.5. The lowest BCUT2D eigenvalue weighted by Gasteiger charge is -2.31. The van der Waals surface area contributed by atoms with Gasteiger partial charge in [-0.15, -0.1) is 0 Å². The summed E-state index contributed by atoms with van der Waals surface area (Å²) in [5.74, 6) is 0. The van der Waals surface area contributed by atoms with Gasteiger partial charge in [0.15, 0.2) is 0 Å². The summed E-state index contributed by atoms with van der Waals surface area (Å²) < 4.78 is 0. The van der Waals surface area contributed by atoms with E-state index in [1.54, 1.807) is 5.57 Å². The van der Waals surface area contributed by atoms with Crippen molar-refractivity contribution >= 4 is 11.9 Å². The summed E-state index contributed by atoms with van der Waals surface area (Å²) in [5, 5.41) is 0. The summed E-state index contributed by atoms with van der Waals surface area (Å²) in [7, 11) is 0. The molecule has 0 amide bonds. The van der Waals surface area contributed by atoms with Gasteiger partial charge in [0.1, 0.15) is 0 Å². The molecule has 21 heavy (non-hydrogen) atoms. The van der Waals surface area contributed by atoms with Crippen LogP contribution in [0, 0.1) is 0 Å². The molecule has 1 aliphatic heterocycles. The third kappa shape index (κ3) is 3.20. The van der Waals surface area contributed by atoms with Gasteiger partial charge in [-0.2, -0.15) is 0 Å². The van der Waals surface area contributed by atoms with Gasteiger partial charge in [-0.3, -0.25) is 4.99 Å². The predicted molar refractivity (Wildman–Crippen MR) is 90.5 cm³/mol. The zero-order chi connectivity index (χ0) is 14.9. The van der Waals surface area contributed by atoms with Gasteiger partial charge < -0.3 is 4.90 Å². The van der Waals surface area contributed by atoms with Crippen LogP contribution >= 0.6 is 0 Å². The molecule has 2 aliphatic rings. The van der Waals surface area contributed by atoms with Gasteiger partial charge in [0.05, 0.1) is 11.9 Å². The molecule has 1 aliphatic carbocycles. The first-order valence-electron chi connectivity index (χ1n) is 8.17. The van der Waals surface area contributed by atoms with Crippen LogP contribution in [0.1, 0.15) is 57.6 Å². The molecule has 0 bridgehead atoms. The molecular weight excluding hydrogens is 256 g/mol. The number of aliphatic imine (C=N–C) groups is 1. The summed E-state index contributed by atoms with van der Waals surface area (Å²) in [4.78, 5) is 7.13. The van der Waals surface area contributed by atoms with Gasteiger partial charge in [0, 0.05) is 12.2 Å². The first kappa shape index (κ1) is 14.4. The molecule has 2 nitrogen and oxygen atoms in total. The van der Waals surface area contributed by atoms with Crippen molar-refractivity contribution in [3.8, 4) is 0 Å². The number of hydrogen-bond donors (Lipinski definition) is 0. The number of hydrogen-bond acceptors (Lipinski definition) is 1. The fourth-order valence-corrected chi connectivity index (χ4v) is 3.31. The van der Waals surface area contributed by atoms with E-state index in [0.717, 1.165) is 6.54 Å². The van der Waals surface area contributed by atoms with E-state index in [4.69, 9.17) is 4.99 Å². The molecule has 2 heteroatoms. The zero-order valence-electron chi connectivity index (χ0n) is 13.5. The highest BCUT2D eigenvalue weighted by Gasteiger charge is 2.24. The lowest BCUT2D eigenvalue weighted by atomic mass is 9.93. The minimum absolute atomic E-state index is 0.000801. The fraction of sp³-hybridized carbons (Fsp3) is 0.526. The predicted octanol–water partition coefficient (Wildman–Crippen LogP) is 4.66. The Labute approximate surface area is 128 Å². The summed E-state index contributed by atoms with van der Waals surface area (Å²) >= 11 is 0. The molecule has 0 N–H and O–H groups in total. The molecule has 0 fully saturated rings. The smallest absolute Gasteiger partial charge is 0.0898 e. The van der Waals surface area contributed by atoms with Crippen molar-refractivity contribution < 1.29 is 0 Å². The molecular formula is C19H26N2. The largest absolute Gasteiger partial charge is 0.336 e. The molecule has 0 saturated heterocycles. The maximum atomic E-state index is 4.72. The molecule has 112 valence electrons. The Hall–Kier alpha value is -1.57. The first-order valence-corrected chi connectivity index (χ1v) is 8.17. The first-order chi connectivity index (χ1) is 10.0. The Morgan fingerprint density at radius 3 is 2.67 bits per heavy atom. The topological polar surface area (TPSA) is 15.6 Å². The van der Waals surface area contributed by atoms with Gasteiger partial charge in [0.25, 0.3) is 0 Å². The quantitative estimate of drug-likeness (QED) is 0.540. The van der Waals surface area contributed by atoms with E-state index in [0.29, 0.717) is 0 Å². The number of allylic oxidation sites excluding steroid dienone is 2. The second-order valence-electron chi connectivity index (χ2n) is 7.15. The van der Waals surface area contributed by atoms with E-state index < -0.39 is 0 Å². The van der Waals surface area contributed by atoms with Crippen LogP contribution in [0.4, 0.5) is 0 Å². The average molecular weight is 282 g/mol. The highest BCUT2D eigenvalue weighted by atomic mass is 15.2. The van der Waals surface area contributed by atoms with Crippen molar-refractivity contribution in [2.45, 2.75) is 58.4 Å². The second-order valence-corrected chi connectivity index (χ2v) is 7.15. The molecule has 0 aromatic heterocycles. The maximum Gasteiger partial charge on any atom is 0.0898 e. The highest BCUT2D eigenvalue weighted by molar-refractivity contribution is 5.75. The van der Waals surface area contributed by atoms with E-state index in [1.807, 2.05) is 0 Å². The maximum absolute atomic E-state index is 4.72. The molecule has 1 aromatic carbocycles. The minimum atomic E-state index is 0.000801. The molecule has 0 unspecified atom stereocenters. The molecule has 0 saturated carbocycles. The number of rotatable bonds is 1. The van der Waals surface area contributed by atoms with Crippen LogP contribution in [-0.2, 0) is 6.42 Å². The number of aryl methyl sites for hydroxylation is 1. The third-order valence-electron chi connectivity index (χ3n) is 4.31. The van der Waals surface area contributed by atoms with E-state index in [-0.39, 0.29) is 5.54 Å². The molecule has 3 rings (SSSR count). The number of fused-ring (bicyclic) bond motifs is 2. The number of benzene rings is 1. The monoisotopic (exact) mass is 282 g/mol. The van der Waals surface area contributed by atoms with Crippen LogP contribution in [0.3, 0.4) is 0 Å². The number of nitrogens with zero attached hydrogens (tertiary/aromatic N) is 2. The summed E-state index contributed by atoms with van der Waals surface area (Å²) in [5.41, 5.74) is 6.09. The van der Waals surface area contributed by atoms with Crippen LogP contribution in [0.2, 0.25) is 0 Å². The Bertz CT molecular complexity index is 575. The third-order valence-corrected chi connectivity index (χ3v) is 4.31. The van der Waals surface area contributed by atoms with Crippen molar-refractivity contribution in [2.24, 2.45) is 4.99 Å². The molecule has 1 heterocycles. The van der Waals surface area contributed by atoms with Gasteiger partial charge in [0.2, 0.25) is 0 Å². The summed E-state index contributed by atoms with van der Waals surface area (Å²) in [6, 6.07) is 8.96.